The summed E-state index contributed by atoms with van der Waals surface area (Å²) in [6.07, 6.45) is 0. The van der Waals surface area contributed by atoms with E-state index in [4.69, 9.17) is 9.15 Å². The van der Waals surface area contributed by atoms with E-state index >= 15 is 0 Å². The zero-order valence-electron chi connectivity index (χ0n) is 14.9. The van der Waals surface area contributed by atoms with Crippen LogP contribution in [0.2, 0.25) is 0 Å². The van der Waals surface area contributed by atoms with E-state index in [1.54, 1.807) is 0 Å². The van der Waals surface area contributed by atoms with E-state index in [0.29, 0.717) is 11.1 Å². The SMILES string of the molecule is Cc1cccc(C)c1OCc1nnc(SCC(=O)Nc2ccc(I)cc2)o1. The van der Waals surface area contributed by atoms with Crippen molar-refractivity contribution in [3.05, 3.63) is 63.1 Å². The summed E-state index contributed by atoms with van der Waals surface area (Å²) in [4.78, 5) is 12.0. The van der Waals surface area contributed by atoms with Crippen LogP contribution >= 0.6 is 34.4 Å². The highest BCUT2D eigenvalue weighted by molar-refractivity contribution is 14.1. The molecule has 27 heavy (non-hydrogen) atoms. The van der Waals surface area contributed by atoms with Gasteiger partial charge in [0.15, 0.2) is 6.61 Å². The lowest BCUT2D eigenvalue weighted by Crippen LogP contribution is -2.13. The van der Waals surface area contributed by atoms with Gasteiger partial charge < -0.3 is 14.5 Å². The zero-order chi connectivity index (χ0) is 19.2. The molecule has 1 amide bonds. The molecule has 1 aromatic heterocycles. The Hall–Kier alpha value is -2.07. The standard InChI is InChI=1S/C19H18IN3O3S/c1-12-4-3-5-13(2)18(12)25-10-17-22-23-19(26-17)27-11-16(24)21-15-8-6-14(20)7-9-15/h3-9H,10-11H2,1-2H3,(H,21,24). The molecule has 3 aromatic rings. The number of amides is 1. The predicted octanol–water partition coefficient (Wildman–Crippen LogP) is 4.60. The molecule has 0 aliphatic carbocycles. The number of anilines is 1. The molecule has 6 nitrogen and oxygen atoms in total. The van der Waals surface area contributed by atoms with E-state index in [0.717, 1.165) is 26.1 Å². The number of hydrogen-bond donors (Lipinski definition) is 1. The number of carbonyl (C=O) groups excluding carboxylic acids is 1. The lowest BCUT2D eigenvalue weighted by Gasteiger charge is -2.09. The van der Waals surface area contributed by atoms with Crippen LogP contribution in [0.1, 0.15) is 17.0 Å². The van der Waals surface area contributed by atoms with Crippen molar-refractivity contribution in [3.8, 4) is 5.75 Å². The Labute approximate surface area is 175 Å². The summed E-state index contributed by atoms with van der Waals surface area (Å²) in [5.41, 5.74) is 2.86. The van der Waals surface area contributed by atoms with Gasteiger partial charge in [-0.15, -0.1) is 10.2 Å². The monoisotopic (exact) mass is 495 g/mol. The number of thioether (sulfide) groups is 1. The van der Waals surface area contributed by atoms with Gasteiger partial charge in [-0.2, -0.15) is 0 Å². The first-order valence-corrected chi connectivity index (χ1v) is 10.3. The Balaban J connectivity index is 1.49. The van der Waals surface area contributed by atoms with Gasteiger partial charge in [-0.1, -0.05) is 30.0 Å². The summed E-state index contributed by atoms with van der Waals surface area (Å²) in [6.45, 7) is 4.17. The van der Waals surface area contributed by atoms with Crippen LogP contribution in [0, 0.1) is 17.4 Å². The molecule has 0 aliphatic heterocycles. The van der Waals surface area contributed by atoms with E-state index in [9.17, 15) is 4.79 Å². The molecule has 1 N–H and O–H groups in total. The normalized spacial score (nSPS) is 10.6. The van der Waals surface area contributed by atoms with Crippen LogP contribution < -0.4 is 10.1 Å². The first-order valence-electron chi connectivity index (χ1n) is 8.21. The van der Waals surface area contributed by atoms with Gasteiger partial charge in [0, 0.05) is 9.26 Å². The number of rotatable bonds is 7. The average molecular weight is 495 g/mol. The number of carbonyl (C=O) groups is 1. The van der Waals surface area contributed by atoms with Crippen LogP contribution in [0.4, 0.5) is 5.69 Å². The van der Waals surface area contributed by atoms with Gasteiger partial charge in [-0.25, -0.2) is 0 Å². The van der Waals surface area contributed by atoms with Crippen LogP contribution in [-0.2, 0) is 11.4 Å². The molecule has 3 rings (SSSR count). The van der Waals surface area contributed by atoms with Crippen LogP contribution in [0.15, 0.2) is 52.1 Å². The number of aromatic nitrogens is 2. The van der Waals surface area contributed by atoms with Gasteiger partial charge in [0.1, 0.15) is 5.75 Å². The van der Waals surface area contributed by atoms with Gasteiger partial charge in [0.25, 0.3) is 11.1 Å². The number of nitrogens with one attached hydrogen (secondary N) is 1. The van der Waals surface area contributed by atoms with E-state index in [2.05, 4.69) is 38.1 Å². The summed E-state index contributed by atoms with van der Waals surface area (Å²) in [5, 5.41) is 11.1. The fourth-order valence-electron chi connectivity index (χ4n) is 2.37. The van der Waals surface area contributed by atoms with Crippen molar-refractivity contribution in [2.45, 2.75) is 25.7 Å². The molecule has 0 radical (unpaired) electrons. The fourth-order valence-corrected chi connectivity index (χ4v) is 3.31. The van der Waals surface area contributed by atoms with E-state index in [-0.39, 0.29) is 18.3 Å². The Morgan fingerprint density at radius 2 is 1.85 bits per heavy atom. The molecule has 0 aliphatic rings. The van der Waals surface area contributed by atoms with Crippen LogP contribution in [0.3, 0.4) is 0 Å². The molecule has 0 unspecified atom stereocenters. The molecule has 0 atom stereocenters. The van der Waals surface area contributed by atoms with E-state index in [1.165, 1.54) is 11.8 Å². The smallest absolute Gasteiger partial charge is 0.277 e. The molecule has 0 spiro atoms. The second-order valence-electron chi connectivity index (χ2n) is 5.82. The third kappa shape index (κ3) is 5.70. The number of hydrogen-bond acceptors (Lipinski definition) is 6. The topological polar surface area (TPSA) is 77.2 Å². The third-order valence-corrected chi connectivity index (χ3v) is 5.19. The van der Waals surface area contributed by atoms with Crippen molar-refractivity contribution in [1.82, 2.24) is 10.2 Å². The van der Waals surface area contributed by atoms with Crippen LogP contribution in [-0.4, -0.2) is 21.9 Å². The quantitative estimate of drug-likeness (QED) is 0.382. The van der Waals surface area contributed by atoms with Crippen molar-refractivity contribution < 1.29 is 13.9 Å². The van der Waals surface area contributed by atoms with Gasteiger partial charge in [0.2, 0.25) is 5.91 Å². The Morgan fingerprint density at radius 1 is 1.15 bits per heavy atom. The minimum absolute atomic E-state index is 0.132. The summed E-state index contributed by atoms with van der Waals surface area (Å²) >= 11 is 3.41. The molecule has 0 saturated carbocycles. The lowest BCUT2D eigenvalue weighted by molar-refractivity contribution is -0.113. The minimum atomic E-state index is -0.132. The number of para-hydroxylation sites is 1. The van der Waals surface area contributed by atoms with Gasteiger partial charge in [-0.3, -0.25) is 4.79 Å². The fraction of sp³-hybridized carbons (Fsp3) is 0.211. The summed E-state index contributed by atoms with van der Waals surface area (Å²) in [7, 11) is 0. The van der Waals surface area contributed by atoms with Crippen molar-refractivity contribution in [3.63, 3.8) is 0 Å². The maximum Gasteiger partial charge on any atom is 0.277 e. The first-order chi connectivity index (χ1) is 13.0. The molecular formula is C19H18IN3O3S. The average Bonchev–Trinajstić information content (AvgIpc) is 3.09. The maximum absolute atomic E-state index is 12.0. The van der Waals surface area contributed by atoms with Gasteiger partial charge >= 0.3 is 0 Å². The number of benzene rings is 2. The predicted molar refractivity (Wildman–Crippen MR) is 113 cm³/mol. The molecule has 140 valence electrons. The molecule has 0 saturated heterocycles. The third-order valence-electron chi connectivity index (χ3n) is 3.65. The van der Waals surface area contributed by atoms with Crippen molar-refractivity contribution in [2.75, 3.05) is 11.1 Å². The van der Waals surface area contributed by atoms with Gasteiger partial charge in [-0.05, 0) is 71.8 Å². The highest BCUT2D eigenvalue weighted by atomic mass is 127. The van der Waals surface area contributed by atoms with E-state index < -0.39 is 0 Å². The molecule has 2 aromatic carbocycles. The second kappa shape index (κ2) is 9.23. The lowest BCUT2D eigenvalue weighted by atomic mass is 10.1. The molecule has 0 fully saturated rings. The van der Waals surface area contributed by atoms with E-state index in [1.807, 2.05) is 56.3 Å². The summed E-state index contributed by atoms with van der Waals surface area (Å²) in [5.74, 6) is 1.25. The Bertz CT molecular complexity index is 908. The maximum atomic E-state index is 12.0. The van der Waals surface area contributed by atoms with Crippen LogP contribution in [0.5, 0.6) is 5.75 Å². The van der Waals surface area contributed by atoms with Gasteiger partial charge in [0.05, 0.1) is 5.75 Å². The van der Waals surface area contributed by atoms with Crippen molar-refractivity contribution in [1.29, 1.82) is 0 Å². The molecular weight excluding hydrogens is 477 g/mol. The van der Waals surface area contributed by atoms with Crippen molar-refractivity contribution in [2.24, 2.45) is 0 Å². The Morgan fingerprint density at radius 3 is 2.56 bits per heavy atom. The first kappa shape index (κ1) is 19.7. The second-order valence-corrected chi connectivity index (χ2v) is 7.99. The highest BCUT2D eigenvalue weighted by Crippen LogP contribution is 2.24. The van der Waals surface area contributed by atoms with Crippen molar-refractivity contribution >= 4 is 45.9 Å². The molecule has 1 heterocycles. The zero-order valence-corrected chi connectivity index (χ0v) is 17.8. The van der Waals surface area contributed by atoms with Crippen LogP contribution in [0.25, 0.3) is 0 Å². The Kier molecular flexibility index (Phi) is 6.73. The number of nitrogens with zero attached hydrogens (tertiary/aromatic N) is 2. The summed E-state index contributed by atoms with van der Waals surface area (Å²) in [6, 6.07) is 13.6. The minimum Gasteiger partial charge on any atom is -0.483 e. The highest BCUT2D eigenvalue weighted by Gasteiger charge is 2.12. The summed E-state index contributed by atoms with van der Waals surface area (Å²) < 4.78 is 12.4. The number of aryl methyl sites for hydroxylation is 2. The molecule has 8 heteroatoms. The molecule has 0 bridgehead atoms. The number of halogens is 1. The number of ether oxygens (including phenoxy) is 1. The largest absolute Gasteiger partial charge is 0.483 e.